The first kappa shape index (κ1) is 19.4. The quantitative estimate of drug-likeness (QED) is 0.223. The highest BCUT2D eigenvalue weighted by Crippen LogP contribution is 2.09. The van der Waals surface area contributed by atoms with Gasteiger partial charge in [0.25, 0.3) is 0 Å². The first-order chi connectivity index (χ1) is 9.70. The van der Waals surface area contributed by atoms with Crippen LogP contribution in [0.1, 0.15) is 85.5 Å². The second-order valence-electron chi connectivity index (χ2n) is 6.21. The van der Waals surface area contributed by atoms with E-state index in [0.29, 0.717) is 0 Å². The van der Waals surface area contributed by atoms with E-state index in [1.165, 1.54) is 51.4 Å². The van der Waals surface area contributed by atoms with E-state index in [-0.39, 0.29) is 0 Å². The lowest BCUT2D eigenvalue weighted by atomic mass is 10.1. The van der Waals surface area contributed by atoms with Gasteiger partial charge in [-0.25, -0.2) is 0 Å². The van der Waals surface area contributed by atoms with Gasteiger partial charge < -0.3 is 0 Å². The molecule has 0 radical (unpaired) electrons. The minimum atomic E-state index is 0.743. The lowest BCUT2D eigenvalue weighted by Crippen LogP contribution is -2.21. The van der Waals surface area contributed by atoms with E-state index in [2.05, 4.69) is 43.0 Å². The summed E-state index contributed by atoms with van der Waals surface area (Å²) in [5.74, 6) is 0.743. The van der Waals surface area contributed by atoms with Gasteiger partial charge in [-0.2, -0.15) is 5.11 Å². The molecule has 0 amide bonds. The maximum atomic E-state index is 4.39. The topological polar surface area (TPSA) is 28.0 Å². The van der Waals surface area contributed by atoms with Crippen LogP contribution in [0.4, 0.5) is 0 Å². The summed E-state index contributed by atoms with van der Waals surface area (Å²) in [6, 6.07) is 0. The number of hydrogen-bond acceptors (Lipinski definition) is 2. The van der Waals surface area contributed by atoms with Crippen molar-refractivity contribution in [3.05, 3.63) is 0 Å². The number of nitrogens with zero attached hydrogens (tertiary/aromatic N) is 3. The summed E-state index contributed by atoms with van der Waals surface area (Å²) in [6.07, 6.45) is 11.8. The van der Waals surface area contributed by atoms with Gasteiger partial charge >= 0.3 is 0 Å². The van der Waals surface area contributed by atoms with Crippen molar-refractivity contribution < 1.29 is 0 Å². The highest BCUT2D eigenvalue weighted by Gasteiger charge is 2.03. The fourth-order valence-electron chi connectivity index (χ4n) is 2.09. The van der Waals surface area contributed by atoms with E-state index >= 15 is 0 Å². The predicted octanol–water partition coefficient (Wildman–Crippen LogP) is 5.86. The number of unbranched alkanes of at least 4 members (excludes halogenated alkanes) is 6. The largest absolute Gasteiger partial charge is 0.279 e. The van der Waals surface area contributed by atoms with E-state index in [1.54, 1.807) is 0 Å². The molecular weight excluding hydrogens is 246 g/mol. The van der Waals surface area contributed by atoms with Gasteiger partial charge in [0.15, 0.2) is 0 Å². The Morgan fingerprint density at radius 3 is 2.05 bits per heavy atom. The van der Waals surface area contributed by atoms with Crippen LogP contribution in [-0.2, 0) is 0 Å². The van der Waals surface area contributed by atoms with E-state index in [1.807, 2.05) is 0 Å². The molecule has 0 saturated heterocycles. The summed E-state index contributed by atoms with van der Waals surface area (Å²) in [5, 5.41) is 10.8. The third-order valence-corrected chi connectivity index (χ3v) is 3.50. The van der Waals surface area contributed by atoms with E-state index < -0.39 is 0 Å². The Balaban J connectivity index is 3.73. The van der Waals surface area contributed by atoms with Crippen molar-refractivity contribution >= 4 is 0 Å². The van der Waals surface area contributed by atoms with E-state index in [0.717, 1.165) is 32.0 Å². The molecule has 0 aliphatic heterocycles. The molecule has 0 saturated carbocycles. The first-order valence-electron chi connectivity index (χ1n) is 8.83. The molecule has 0 rings (SSSR count). The minimum Gasteiger partial charge on any atom is -0.279 e. The van der Waals surface area contributed by atoms with Gasteiger partial charge in [0, 0.05) is 13.1 Å². The van der Waals surface area contributed by atoms with Crippen molar-refractivity contribution in [1.82, 2.24) is 5.01 Å². The molecule has 0 aromatic carbocycles. The third-order valence-electron chi connectivity index (χ3n) is 3.50. The molecule has 0 aliphatic carbocycles. The standard InChI is InChI=1S/C17H37N3/c1-5-7-8-9-10-11-12-15-20(16-13-17(3)4)19-18-14-6-2/h17H,5-16H2,1-4H3. The van der Waals surface area contributed by atoms with Crippen molar-refractivity contribution in [2.45, 2.75) is 85.5 Å². The Bertz CT molecular complexity index is 214. The molecule has 0 aromatic rings. The third kappa shape index (κ3) is 13.8. The lowest BCUT2D eigenvalue weighted by Gasteiger charge is -2.18. The molecule has 0 atom stereocenters. The molecular formula is C17H37N3. The van der Waals surface area contributed by atoms with Gasteiger partial charge in [0.2, 0.25) is 0 Å². The molecule has 0 fully saturated rings. The van der Waals surface area contributed by atoms with E-state index in [9.17, 15) is 0 Å². The zero-order valence-electron chi connectivity index (χ0n) is 14.4. The Hall–Kier alpha value is -0.600. The molecule has 0 aromatic heterocycles. The summed E-state index contributed by atoms with van der Waals surface area (Å²) in [7, 11) is 0. The van der Waals surface area contributed by atoms with Gasteiger partial charge in [-0.05, 0) is 25.2 Å². The normalized spacial score (nSPS) is 11.7. The van der Waals surface area contributed by atoms with Crippen LogP contribution in [0.25, 0.3) is 0 Å². The second kappa shape index (κ2) is 14.8. The van der Waals surface area contributed by atoms with Gasteiger partial charge in [0.05, 0.1) is 6.54 Å². The van der Waals surface area contributed by atoms with Gasteiger partial charge in [0.1, 0.15) is 0 Å². The molecule has 0 N–H and O–H groups in total. The zero-order chi connectivity index (χ0) is 15.1. The average molecular weight is 284 g/mol. The van der Waals surface area contributed by atoms with Gasteiger partial charge in [-0.3, -0.25) is 5.01 Å². The average Bonchev–Trinajstić information content (AvgIpc) is 2.43. The van der Waals surface area contributed by atoms with Crippen LogP contribution >= 0.6 is 0 Å². The molecule has 3 heteroatoms. The maximum Gasteiger partial charge on any atom is 0.0617 e. The molecule has 0 spiro atoms. The van der Waals surface area contributed by atoms with Crippen LogP contribution in [0, 0.1) is 5.92 Å². The van der Waals surface area contributed by atoms with E-state index in [4.69, 9.17) is 0 Å². The van der Waals surface area contributed by atoms with Crippen molar-refractivity contribution in [2.75, 3.05) is 19.6 Å². The van der Waals surface area contributed by atoms with Crippen LogP contribution in [0.5, 0.6) is 0 Å². The summed E-state index contributed by atoms with van der Waals surface area (Å²) in [5.41, 5.74) is 0. The van der Waals surface area contributed by atoms with Crippen molar-refractivity contribution in [3.63, 3.8) is 0 Å². The highest BCUT2D eigenvalue weighted by molar-refractivity contribution is 4.55. The van der Waals surface area contributed by atoms with Gasteiger partial charge in [-0.15, -0.1) is 0 Å². The van der Waals surface area contributed by atoms with Crippen molar-refractivity contribution in [1.29, 1.82) is 0 Å². The lowest BCUT2D eigenvalue weighted by molar-refractivity contribution is 0.243. The monoisotopic (exact) mass is 283 g/mol. The fourth-order valence-corrected chi connectivity index (χ4v) is 2.09. The van der Waals surface area contributed by atoms with Crippen LogP contribution in [0.3, 0.4) is 0 Å². The summed E-state index contributed by atoms with van der Waals surface area (Å²) < 4.78 is 0. The Morgan fingerprint density at radius 2 is 1.45 bits per heavy atom. The van der Waals surface area contributed by atoms with Crippen LogP contribution in [0.15, 0.2) is 10.3 Å². The summed E-state index contributed by atoms with van der Waals surface area (Å²) >= 11 is 0. The number of rotatable bonds is 14. The smallest absolute Gasteiger partial charge is 0.0617 e. The summed E-state index contributed by atoms with van der Waals surface area (Å²) in [4.78, 5) is 0. The molecule has 0 aliphatic rings. The Morgan fingerprint density at radius 1 is 0.800 bits per heavy atom. The molecule has 0 unspecified atom stereocenters. The van der Waals surface area contributed by atoms with Crippen LogP contribution < -0.4 is 0 Å². The minimum absolute atomic E-state index is 0.743. The highest BCUT2D eigenvalue weighted by atomic mass is 15.5. The second-order valence-corrected chi connectivity index (χ2v) is 6.21. The SMILES string of the molecule is CCCCCCCCCN(CCC(C)C)N=NCCC. The Labute approximate surface area is 127 Å². The molecule has 120 valence electrons. The number of hydrogen-bond donors (Lipinski definition) is 0. The fraction of sp³-hybridized carbons (Fsp3) is 1.00. The van der Waals surface area contributed by atoms with Crippen LogP contribution in [0.2, 0.25) is 0 Å². The van der Waals surface area contributed by atoms with Crippen molar-refractivity contribution in [3.8, 4) is 0 Å². The zero-order valence-corrected chi connectivity index (χ0v) is 14.4. The summed E-state index contributed by atoms with van der Waals surface area (Å²) in [6.45, 7) is 12.0. The maximum absolute atomic E-state index is 4.39. The first-order valence-corrected chi connectivity index (χ1v) is 8.83. The molecule has 20 heavy (non-hydrogen) atoms. The van der Waals surface area contributed by atoms with Crippen LogP contribution in [-0.4, -0.2) is 24.6 Å². The predicted molar refractivity (Wildman–Crippen MR) is 89.0 cm³/mol. The van der Waals surface area contributed by atoms with Crippen molar-refractivity contribution in [2.24, 2.45) is 16.3 Å². The molecule has 0 heterocycles. The molecule has 3 nitrogen and oxygen atoms in total. The Kier molecular flexibility index (Phi) is 14.4. The van der Waals surface area contributed by atoms with Gasteiger partial charge in [-0.1, -0.05) is 71.4 Å². The molecule has 0 bridgehead atoms.